The number of ether oxygens (including phenoxy) is 1. The molecule has 150 valence electrons. The van der Waals surface area contributed by atoms with Crippen molar-refractivity contribution in [3.63, 3.8) is 0 Å². The van der Waals surface area contributed by atoms with Crippen LogP contribution in [-0.4, -0.2) is 43.5 Å². The number of carbonyl (C=O) groups is 2. The smallest absolute Gasteiger partial charge is 0.309 e. The van der Waals surface area contributed by atoms with Gasteiger partial charge in [0.25, 0.3) is 0 Å². The van der Waals surface area contributed by atoms with Crippen LogP contribution in [0.5, 0.6) is 0 Å². The Kier molecular flexibility index (Phi) is 8.69. The lowest BCUT2D eigenvalue weighted by molar-refractivity contribution is -0.145. The van der Waals surface area contributed by atoms with Gasteiger partial charge in [0.15, 0.2) is 0 Å². The Morgan fingerprint density at radius 1 is 1.07 bits per heavy atom. The fraction of sp³-hybridized carbons (Fsp3) is 0.391. The second-order valence-electron chi connectivity index (χ2n) is 7.11. The number of carbonyl (C=O) groups excluding carboxylic acids is 2. The number of methoxy groups -OCH3 is 1. The van der Waals surface area contributed by atoms with Crippen molar-refractivity contribution in [3.05, 3.63) is 71.3 Å². The Morgan fingerprint density at radius 3 is 2.43 bits per heavy atom. The van der Waals surface area contributed by atoms with Gasteiger partial charge in [-0.05, 0) is 30.0 Å². The van der Waals surface area contributed by atoms with Gasteiger partial charge in [-0.3, -0.25) is 14.5 Å². The van der Waals surface area contributed by atoms with E-state index in [1.54, 1.807) is 0 Å². The zero-order valence-electron chi connectivity index (χ0n) is 17.0. The largest absolute Gasteiger partial charge is 0.469 e. The number of aryl methyl sites for hydroxylation is 1. The highest BCUT2D eigenvalue weighted by molar-refractivity contribution is 5.78. The van der Waals surface area contributed by atoms with E-state index < -0.39 is 0 Å². The number of hydrogen-bond donors (Lipinski definition) is 1. The molecule has 0 radical (unpaired) electrons. The lowest BCUT2D eigenvalue weighted by Crippen LogP contribution is -2.40. The Morgan fingerprint density at radius 2 is 1.75 bits per heavy atom. The van der Waals surface area contributed by atoms with Crippen LogP contribution in [0.3, 0.4) is 0 Å². The van der Waals surface area contributed by atoms with Gasteiger partial charge in [0.1, 0.15) is 0 Å². The molecule has 0 aromatic heterocycles. The third-order valence-corrected chi connectivity index (χ3v) is 4.73. The minimum Gasteiger partial charge on any atom is -0.469 e. The summed E-state index contributed by atoms with van der Waals surface area (Å²) in [4.78, 5) is 26.3. The number of rotatable bonds is 10. The normalized spacial score (nSPS) is 11.9. The second kappa shape index (κ2) is 11.2. The van der Waals surface area contributed by atoms with E-state index in [9.17, 15) is 9.59 Å². The average Bonchev–Trinajstić information content (AvgIpc) is 2.69. The summed E-state index contributed by atoms with van der Waals surface area (Å²) in [7, 11) is 1.39. The van der Waals surface area contributed by atoms with E-state index in [1.807, 2.05) is 54.3 Å². The minimum absolute atomic E-state index is 0.0402. The Labute approximate surface area is 167 Å². The van der Waals surface area contributed by atoms with Gasteiger partial charge in [0, 0.05) is 19.6 Å². The summed E-state index contributed by atoms with van der Waals surface area (Å²) >= 11 is 0. The first-order valence-electron chi connectivity index (χ1n) is 9.65. The molecular formula is C23H30N2O3. The van der Waals surface area contributed by atoms with Crippen LogP contribution in [0.25, 0.3) is 0 Å². The molecule has 5 nitrogen and oxygen atoms in total. The first kappa shape index (κ1) is 21.6. The molecule has 0 saturated heterocycles. The Hall–Kier alpha value is -2.66. The van der Waals surface area contributed by atoms with Crippen molar-refractivity contribution >= 4 is 11.9 Å². The van der Waals surface area contributed by atoms with Crippen LogP contribution in [0.1, 0.15) is 23.6 Å². The average molecular weight is 383 g/mol. The maximum absolute atomic E-state index is 12.5. The van der Waals surface area contributed by atoms with E-state index in [1.165, 1.54) is 18.2 Å². The van der Waals surface area contributed by atoms with Gasteiger partial charge in [0.05, 0.1) is 19.6 Å². The maximum Gasteiger partial charge on any atom is 0.309 e. The molecule has 1 unspecified atom stereocenters. The molecule has 1 amide bonds. The molecule has 28 heavy (non-hydrogen) atoms. The third-order valence-electron chi connectivity index (χ3n) is 4.73. The van der Waals surface area contributed by atoms with Gasteiger partial charge in [-0.1, -0.05) is 61.5 Å². The van der Waals surface area contributed by atoms with Gasteiger partial charge in [-0.15, -0.1) is 0 Å². The van der Waals surface area contributed by atoms with Gasteiger partial charge in [0.2, 0.25) is 5.91 Å². The SMILES string of the molecule is COC(=O)C(C)CN(CC(=O)NCCc1ccccc1C)Cc1ccccc1. The van der Waals surface area contributed by atoms with Crippen molar-refractivity contribution in [2.45, 2.75) is 26.8 Å². The Balaban J connectivity index is 1.91. The molecular weight excluding hydrogens is 352 g/mol. The highest BCUT2D eigenvalue weighted by Crippen LogP contribution is 2.09. The first-order valence-corrected chi connectivity index (χ1v) is 9.65. The predicted molar refractivity (Wildman–Crippen MR) is 111 cm³/mol. The molecule has 0 spiro atoms. The quantitative estimate of drug-likeness (QED) is 0.642. The van der Waals surface area contributed by atoms with Gasteiger partial charge in [-0.25, -0.2) is 0 Å². The third kappa shape index (κ3) is 7.16. The molecule has 1 atom stereocenters. The van der Waals surface area contributed by atoms with Gasteiger partial charge >= 0.3 is 5.97 Å². The van der Waals surface area contributed by atoms with Crippen molar-refractivity contribution in [1.82, 2.24) is 10.2 Å². The van der Waals surface area contributed by atoms with Gasteiger partial charge in [-0.2, -0.15) is 0 Å². The van der Waals surface area contributed by atoms with E-state index in [4.69, 9.17) is 4.74 Å². The minimum atomic E-state index is -0.298. The van der Waals surface area contributed by atoms with E-state index in [2.05, 4.69) is 24.4 Å². The van der Waals surface area contributed by atoms with E-state index >= 15 is 0 Å². The topological polar surface area (TPSA) is 58.6 Å². The summed E-state index contributed by atoms with van der Waals surface area (Å²) in [5, 5.41) is 2.99. The zero-order valence-corrected chi connectivity index (χ0v) is 17.0. The molecule has 0 aliphatic heterocycles. The molecule has 0 aliphatic rings. The van der Waals surface area contributed by atoms with Crippen molar-refractivity contribution in [2.75, 3.05) is 26.7 Å². The fourth-order valence-corrected chi connectivity index (χ4v) is 3.18. The standard InChI is InChI=1S/C23H30N2O3/c1-18-9-7-8-12-21(18)13-14-24-22(26)17-25(15-19(2)23(27)28-3)16-20-10-5-4-6-11-20/h4-12,19H,13-17H2,1-3H3,(H,24,26). The molecule has 5 heteroatoms. The van der Waals surface area contributed by atoms with Crippen molar-refractivity contribution < 1.29 is 14.3 Å². The molecule has 0 saturated carbocycles. The molecule has 2 aromatic rings. The van der Waals surface area contributed by atoms with Crippen molar-refractivity contribution in [2.24, 2.45) is 5.92 Å². The van der Waals surface area contributed by atoms with Crippen LogP contribution >= 0.6 is 0 Å². The number of hydrogen-bond acceptors (Lipinski definition) is 4. The number of nitrogens with one attached hydrogen (secondary N) is 1. The van der Waals surface area contributed by atoms with Crippen molar-refractivity contribution in [1.29, 1.82) is 0 Å². The molecule has 1 N–H and O–H groups in total. The number of esters is 1. The van der Waals surface area contributed by atoms with E-state index in [-0.39, 0.29) is 24.3 Å². The zero-order chi connectivity index (χ0) is 20.4. The number of nitrogens with zero attached hydrogens (tertiary/aromatic N) is 1. The highest BCUT2D eigenvalue weighted by Gasteiger charge is 2.19. The summed E-state index contributed by atoms with van der Waals surface area (Å²) in [5.41, 5.74) is 3.57. The molecule has 0 heterocycles. The molecule has 0 aliphatic carbocycles. The summed E-state index contributed by atoms with van der Waals surface area (Å²) in [6.45, 7) is 5.80. The summed E-state index contributed by atoms with van der Waals surface area (Å²) in [6, 6.07) is 18.1. The van der Waals surface area contributed by atoms with Gasteiger partial charge < -0.3 is 10.1 Å². The number of benzene rings is 2. The molecule has 2 aromatic carbocycles. The maximum atomic E-state index is 12.5. The monoisotopic (exact) mass is 382 g/mol. The summed E-state index contributed by atoms with van der Waals surface area (Å²) in [5.74, 6) is -0.604. The van der Waals surface area contributed by atoms with Crippen LogP contribution in [0.4, 0.5) is 0 Å². The van der Waals surface area contributed by atoms with Crippen LogP contribution in [-0.2, 0) is 27.3 Å². The summed E-state index contributed by atoms with van der Waals surface area (Å²) < 4.78 is 4.83. The molecule has 0 bridgehead atoms. The summed E-state index contributed by atoms with van der Waals surface area (Å²) in [6.07, 6.45) is 0.801. The predicted octanol–water partition coefficient (Wildman–Crippen LogP) is 2.97. The highest BCUT2D eigenvalue weighted by atomic mass is 16.5. The van der Waals surface area contributed by atoms with Crippen molar-refractivity contribution in [3.8, 4) is 0 Å². The Bertz CT molecular complexity index is 761. The van der Waals surface area contributed by atoms with Crippen LogP contribution in [0, 0.1) is 12.8 Å². The lowest BCUT2D eigenvalue weighted by atomic mass is 10.1. The van der Waals surface area contributed by atoms with Crippen LogP contribution < -0.4 is 5.32 Å². The number of amides is 1. The first-order chi connectivity index (χ1) is 13.5. The second-order valence-corrected chi connectivity index (χ2v) is 7.11. The molecule has 2 rings (SSSR count). The lowest BCUT2D eigenvalue weighted by Gasteiger charge is -2.24. The van der Waals surface area contributed by atoms with E-state index in [0.717, 1.165) is 12.0 Å². The van der Waals surface area contributed by atoms with Crippen LogP contribution in [0.2, 0.25) is 0 Å². The van der Waals surface area contributed by atoms with E-state index in [0.29, 0.717) is 19.6 Å². The fourth-order valence-electron chi connectivity index (χ4n) is 3.18. The van der Waals surface area contributed by atoms with Crippen LogP contribution in [0.15, 0.2) is 54.6 Å². The molecule has 0 fully saturated rings.